The summed E-state index contributed by atoms with van der Waals surface area (Å²) < 4.78 is 37.4. The van der Waals surface area contributed by atoms with E-state index in [0.29, 0.717) is 5.56 Å². The Hall–Kier alpha value is -2.05. The molecule has 1 aromatic carbocycles. The normalized spacial score (nSPS) is 11.2. The maximum absolute atomic E-state index is 12.5. The minimum Gasteiger partial charge on any atom is -0.481 e. The Morgan fingerprint density at radius 1 is 1.20 bits per heavy atom. The minimum absolute atomic E-state index is 0.0180. The van der Waals surface area contributed by atoms with E-state index in [0.717, 1.165) is 12.1 Å². The summed E-state index contributed by atoms with van der Waals surface area (Å²) in [4.78, 5) is 21.6. The number of alkyl halides is 3. The molecule has 20 heavy (non-hydrogen) atoms. The van der Waals surface area contributed by atoms with Gasteiger partial charge >= 0.3 is 12.1 Å². The van der Waals surface area contributed by atoms with Gasteiger partial charge < -0.3 is 10.4 Å². The second-order valence-corrected chi connectivity index (χ2v) is 4.22. The van der Waals surface area contributed by atoms with Gasteiger partial charge in [0.2, 0.25) is 5.91 Å². The third-order valence-electron chi connectivity index (χ3n) is 2.54. The van der Waals surface area contributed by atoms with Gasteiger partial charge in [0.1, 0.15) is 0 Å². The molecule has 1 amide bonds. The van der Waals surface area contributed by atoms with E-state index < -0.39 is 17.7 Å². The molecule has 2 N–H and O–H groups in total. The second-order valence-electron chi connectivity index (χ2n) is 4.22. The highest BCUT2D eigenvalue weighted by Crippen LogP contribution is 2.29. The number of carboxylic acid groups (broad SMARTS) is 1. The van der Waals surface area contributed by atoms with Gasteiger partial charge in [0.05, 0.1) is 5.56 Å². The summed E-state index contributed by atoms with van der Waals surface area (Å²) in [5.41, 5.74) is -0.429. The van der Waals surface area contributed by atoms with Gasteiger partial charge in [-0.15, -0.1) is 0 Å². The molecule has 0 spiro atoms. The number of nitrogens with one attached hydrogen (secondary N) is 1. The largest absolute Gasteiger partial charge is 0.481 e. The number of carbonyl (C=O) groups is 2. The van der Waals surface area contributed by atoms with E-state index in [4.69, 9.17) is 5.11 Å². The number of carboxylic acids is 1. The molecule has 0 atom stereocenters. The summed E-state index contributed by atoms with van der Waals surface area (Å²) in [7, 11) is 0. The van der Waals surface area contributed by atoms with E-state index in [1.54, 1.807) is 0 Å². The van der Waals surface area contributed by atoms with Crippen molar-refractivity contribution in [2.75, 3.05) is 0 Å². The number of benzene rings is 1. The van der Waals surface area contributed by atoms with Crippen LogP contribution < -0.4 is 5.32 Å². The molecular formula is C13H14F3NO3. The van der Waals surface area contributed by atoms with Crippen molar-refractivity contribution in [2.45, 2.75) is 32.0 Å². The molecule has 1 rings (SSSR count). The van der Waals surface area contributed by atoms with E-state index in [2.05, 4.69) is 5.32 Å². The van der Waals surface area contributed by atoms with Gasteiger partial charge in [-0.1, -0.05) is 12.1 Å². The Labute approximate surface area is 113 Å². The molecule has 0 bridgehead atoms. The van der Waals surface area contributed by atoms with Crippen molar-refractivity contribution in [1.82, 2.24) is 5.32 Å². The van der Waals surface area contributed by atoms with Gasteiger partial charge in [-0.2, -0.15) is 13.2 Å². The lowest BCUT2D eigenvalue weighted by Crippen LogP contribution is -2.22. The first kappa shape index (κ1) is 16.0. The first-order valence-electron chi connectivity index (χ1n) is 5.93. The molecule has 4 nitrogen and oxygen atoms in total. The molecule has 0 saturated carbocycles. The highest BCUT2D eigenvalue weighted by Gasteiger charge is 2.30. The quantitative estimate of drug-likeness (QED) is 0.846. The number of carbonyl (C=O) groups excluding carboxylic acids is 1. The van der Waals surface area contributed by atoms with Gasteiger partial charge in [0.25, 0.3) is 0 Å². The molecule has 0 aliphatic heterocycles. The molecule has 0 fully saturated rings. The number of rotatable bonds is 6. The smallest absolute Gasteiger partial charge is 0.416 e. The average molecular weight is 289 g/mol. The summed E-state index contributed by atoms with van der Waals surface area (Å²) in [6.45, 7) is -0.0180. The molecule has 0 aliphatic rings. The highest BCUT2D eigenvalue weighted by molar-refractivity contribution is 5.76. The molecule has 0 aromatic heterocycles. The maximum Gasteiger partial charge on any atom is 0.416 e. The number of hydrogen-bond acceptors (Lipinski definition) is 2. The number of amides is 1. The van der Waals surface area contributed by atoms with Crippen molar-refractivity contribution < 1.29 is 27.9 Å². The van der Waals surface area contributed by atoms with Crippen LogP contribution in [-0.4, -0.2) is 17.0 Å². The average Bonchev–Trinajstić information content (AvgIpc) is 2.35. The standard InChI is InChI=1S/C13H14F3NO3/c14-13(15,16)10-4-1-3-9(7-10)8-17-11(18)5-2-6-12(19)20/h1,3-4,7H,2,5-6,8H2,(H,17,18)(H,19,20). The summed E-state index contributed by atoms with van der Waals surface area (Å²) in [6.07, 6.45) is -4.30. The van der Waals surface area contributed by atoms with E-state index in [-0.39, 0.29) is 31.7 Å². The van der Waals surface area contributed by atoms with Gasteiger partial charge in [-0.25, -0.2) is 0 Å². The minimum atomic E-state index is -4.42. The van der Waals surface area contributed by atoms with Crippen LogP contribution in [0.3, 0.4) is 0 Å². The van der Waals surface area contributed by atoms with Crippen LogP contribution in [0.25, 0.3) is 0 Å². The fourth-order valence-corrected chi connectivity index (χ4v) is 1.55. The molecule has 0 heterocycles. The van der Waals surface area contributed by atoms with Gasteiger partial charge in [-0.3, -0.25) is 9.59 Å². The monoisotopic (exact) mass is 289 g/mol. The molecule has 0 unspecified atom stereocenters. The number of aliphatic carboxylic acids is 1. The second kappa shape index (κ2) is 6.93. The van der Waals surface area contributed by atoms with Crippen molar-refractivity contribution in [3.8, 4) is 0 Å². The molecule has 110 valence electrons. The van der Waals surface area contributed by atoms with Gasteiger partial charge in [0, 0.05) is 19.4 Å². The van der Waals surface area contributed by atoms with E-state index in [1.165, 1.54) is 12.1 Å². The Morgan fingerprint density at radius 2 is 1.90 bits per heavy atom. The van der Waals surface area contributed by atoms with Crippen LogP contribution >= 0.6 is 0 Å². The lowest BCUT2D eigenvalue weighted by Gasteiger charge is -2.09. The fourth-order valence-electron chi connectivity index (χ4n) is 1.55. The third-order valence-corrected chi connectivity index (χ3v) is 2.54. The number of hydrogen-bond donors (Lipinski definition) is 2. The topological polar surface area (TPSA) is 66.4 Å². The van der Waals surface area contributed by atoms with Crippen LogP contribution in [0.4, 0.5) is 13.2 Å². The van der Waals surface area contributed by atoms with Crippen molar-refractivity contribution in [2.24, 2.45) is 0 Å². The highest BCUT2D eigenvalue weighted by atomic mass is 19.4. The van der Waals surface area contributed by atoms with Crippen LogP contribution in [0, 0.1) is 0 Å². The van der Waals surface area contributed by atoms with Gasteiger partial charge in [-0.05, 0) is 24.1 Å². The molecule has 7 heteroatoms. The predicted molar refractivity (Wildman–Crippen MR) is 64.8 cm³/mol. The molecular weight excluding hydrogens is 275 g/mol. The lowest BCUT2D eigenvalue weighted by atomic mass is 10.1. The Bertz CT molecular complexity index is 486. The first-order valence-corrected chi connectivity index (χ1v) is 5.93. The van der Waals surface area contributed by atoms with Crippen molar-refractivity contribution in [3.63, 3.8) is 0 Å². The van der Waals surface area contributed by atoms with Crippen LogP contribution in [0.5, 0.6) is 0 Å². The number of halogens is 3. The molecule has 0 aliphatic carbocycles. The predicted octanol–water partition coefficient (Wildman–Crippen LogP) is 2.58. The lowest BCUT2D eigenvalue weighted by molar-refractivity contribution is -0.138. The van der Waals surface area contributed by atoms with E-state index in [1.807, 2.05) is 0 Å². The fraction of sp³-hybridized carbons (Fsp3) is 0.385. The van der Waals surface area contributed by atoms with E-state index >= 15 is 0 Å². The summed E-state index contributed by atoms with van der Waals surface area (Å²) in [5.74, 6) is -1.38. The first-order chi connectivity index (χ1) is 9.29. The molecule has 1 aromatic rings. The summed E-state index contributed by atoms with van der Waals surface area (Å²) in [6, 6.07) is 4.68. The van der Waals surface area contributed by atoms with Crippen molar-refractivity contribution in [1.29, 1.82) is 0 Å². The molecule has 0 radical (unpaired) electrons. The van der Waals surface area contributed by atoms with E-state index in [9.17, 15) is 22.8 Å². The van der Waals surface area contributed by atoms with Crippen LogP contribution in [0.1, 0.15) is 30.4 Å². The Kier molecular flexibility index (Phi) is 5.54. The Balaban J connectivity index is 2.45. The van der Waals surface area contributed by atoms with Crippen LogP contribution in [0.2, 0.25) is 0 Å². The third kappa shape index (κ3) is 5.73. The zero-order chi connectivity index (χ0) is 15.2. The Morgan fingerprint density at radius 3 is 2.50 bits per heavy atom. The van der Waals surface area contributed by atoms with Crippen LogP contribution in [-0.2, 0) is 22.3 Å². The zero-order valence-corrected chi connectivity index (χ0v) is 10.5. The van der Waals surface area contributed by atoms with Crippen molar-refractivity contribution in [3.05, 3.63) is 35.4 Å². The van der Waals surface area contributed by atoms with Crippen LogP contribution in [0.15, 0.2) is 24.3 Å². The zero-order valence-electron chi connectivity index (χ0n) is 10.5. The van der Waals surface area contributed by atoms with Gasteiger partial charge in [0.15, 0.2) is 0 Å². The summed E-state index contributed by atoms with van der Waals surface area (Å²) in [5, 5.41) is 10.9. The summed E-state index contributed by atoms with van der Waals surface area (Å²) >= 11 is 0. The molecule has 0 saturated heterocycles. The maximum atomic E-state index is 12.5. The van der Waals surface area contributed by atoms with Crippen molar-refractivity contribution >= 4 is 11.9 Å². The SMILES string of the molecule is O=C(O)CCCC(=O)NCc1cccc(C(F)(F)F)c1.